The summed E-state index contributed by atoms with van der Waals surface area (Å²) in [4.78, 5) is 20.8. The van der Waals surface area contributed by atoms with Crippen molar-refractivity contribution in [2.45, 2.75) is 29.6 Å². The number of carbonyl (C=O) groups is 1. The molecule has 1 aliphatic heterocycles. The second kappa shape index (κ2) is 10.5. The Labute approximate surface area is 226 Å². The van der Waals surface area contributed by atoms with Gasteiger partial charge in [0.25, 0.3) is 26.0 Å². The van der Waals surface area contributed by atoms with Crippen LogP contribution in [0.5, 0.6) is 0 Å². The number of hydrogen-bond donors (Lipinski definition) is 2. The second-order valence-corrected chi connectivity index (χ2v) is 12.5. The van der Waals surface area contributed by atoms with E-state index in [9.17, 15) is 21.6 Å². The number of hydrogen-bond acceptors (Lipinski definition) is 7. The van der Waals surface area contributed by atoms with Gasteiger partial charge in [-0.25, -0.2) is 31.5 Å². The Kier molecular flexibility index (Phi) is 7.06. The van der Waals surface area contributed by atoms with Crippen LogP contribution in [0.3, 0.4) is 0 Å². The van der Waals surface area contributed by atoms with Crippen LogP contribution in [-0.2, 0) is 26.5 Å². The molecule has 0 aliphatic carbocycles. The third-order valence-corrected chi connectivity index (χ3v) is 9.39. The van der Waals surface area contributed by atoms with Crippen LogP contribution in [0.2, 0.25) is 0 Å². The van der Waals surface area contributed by atoms with E-state index < -0.39 is 26.0 Å². The van der Waals surface area contributed by atoms with Crippen LogP contribution in [0.15, 0.2) is 94.9 Å². The maximum Gasteiger partial charge on any atom is 0.264 e. The van der Waals surface area contributed by atoms with E-state index in [1.807, 2.05) is 18.2 Å². The molecular formula is C27H25N5O5S2. The van der Waals surface area contributed by atoms with E-state index >= 15 is 0 Å². The molecule has 10 nitrogen and oxygen atoms in total. The van der Waals surface area contributed by atoms with Crippen LogP contribution in [0.25, 0.3) is 0 Å². The van der Waals surface area contributed by atoms with Crippen molar-refractivity contribution < 1.29 is 21.6 Å². The number of aryl methyl sites for hydroxylation is 2. The molecular weight excluding hydrogens is 538 g/mol. The maximum absolute atomic E-state index is 13.3. The Hall–Kier alpha value is -4.29. The lowest BCUT2D eigenvalue weighted by atomic mass is 10.0. The molecule has 0 radical (unpaired) electrons. The molecule has 4 aromatic rings. The monoisotopic (exact) mass is 563 g/mol. The van der Waals surface area contributed by atoms with E-state index in [-0.39, 0.29) is 21.3 Å². The van der Waals surface area contributed by atoms with Crippen molar-refractivity contribution in [2.75, 3.05) is 20.9 Å². The predicted octanol–water partition coefficient (Wildman–Crippen LogP) is 3.98. The fraction of sp³-hybridized carbons (Fsp3) is 0.148. The third kappa shape index (κ3) is 5.61. The van der Waals surface area contributed by atoms with Crippen molar-refractivity contribution in [1.29, 1.82) is 0 Å². The van der Waals surface area contributed by atoms with Gasteiger partial charge in [-0.05, 0) is 86.0 Å². The standard InChI is InChI=1S/C27H25N5O5S2/c1-19-16-17-28-27(29-19)31-38(34,35)23-14-10-22(11-15-23)30-26(33)21-8-12-24(13-9-21)39(36,37)32-18-4-6-20-5-2-3-7-25(20)32/h2-3,5,7-17H,4,6,18H2,1H3,(H,30,33)(H,28,29,31). The highest BCUT2D eigenvalue weighted by Gasteiger charge is 2.29. The minimum Gasteiger partial charge on any atom is -0.322 e. The van der Waals surface area contributed by atoms with E-state index in [0.717, 1.165) is 18.4 Å². The summed E-state index contributed by atoms with van der Waals surface area (Å²) in [6.45, 7) is 2.11. The highest BCUT2D eigenvalue weighted by molar-refractivity contribution is 7.93. The van der Waals surface area contributed by atoms with Gasteiger partial charge in [0.15, 0.2) is 0 Å². The number of sulfonamides is 2. The van der Waals surface area contributed by atoms with Crippen LogP contribution in [0.4, 0.5) is 17.3 Å². The van der Waals surface area contributed by atoms with Gasteiger partial charge in [0.2, 0.25) is 5.95 Å². The zero-order chi connectivity index (χ0) is 27.6. The van der Waals surface area contributed by atoms with Crippen LogP contribution >= 0.6 is 0 Å². The fourth-order valence-corrected chi connectivity index (χ4v) is 6.74. The van der Waals surface area contributed by atoms with E-state index in [0.29, 0.717) is 23.6 Å². The molecule has 1 aromatic heterocycles. The van der Waals surface area contributed by atoms with Crippen LogP contribution < -0.4 is 14.3 Å². The van der Waals surface area contributed by atoms with Gasteiger partial charge < -0.3 is 5.32 Å². The van der Waals surface area contributed by atoms with Crippen molar-refractivity contribution in [3.63, 3.8) is 0 Å². The molecule has 0 fully saturated rings. The zero-order valence-corrected chi connectivity index (χ0v) is 22.5. The Bertz CT molecular complexity index is 1740. The average Bonchev–Trinajstić information content (AvgIpc) is 2.93. The quantitative estimate of drug-likeness (QED) is 0.347. The van der Waals surface area contributed by atoms with Gasteiger partial charge in [0.1, 0.15) is 0 Å². The lowest BCUT2D eigenvalue weighted by Crippen LogP contribution is -2.35. The first-order valence-electron chi connectivity index (χ1n) is 12.1. The summed E-state index contributed by atoms with van der Waals surface area (Å²) in [6.07, 6.45) is 3.01. The molecule has 200 valence electrons. The van der Waals surface area contributed by atoms with Gasteiger partial charge in [-0.3, -0.25) is 9.10 Å². The smallest absolute Gasteiger partial charge is 0.264 e. The minimum absolute atomic E-state index is 0.0283. The van der Waals surface area contributed by atoms with Gasteiger partial charge in [-0.15, -0.1) is 0 Å². The van der Waals surface area contributed by atoms with Crippen molar-refractivity contribution in [1.82, 2.24) is 9.97 Å². The number of aromatic nitrogens is 2. The molecule has 0 unspecified atom stereocenters. The highest BCUT2D eigenvalue weighted by Crippen LogP contribution is 2.31. The molecule has 2 N–H and O–H groups in total. The summed E-state index contributed by atoms with van der Waals surface area (Å²) < 4.78 is 55.7. The minimum atomic E-state index is -3.92. The molecule has 5 rings (SSSR count). The van der Waals surface area contributed by atoms with Crippen molar-refractivity contribution in [3.05, 3.63) is 102 Å². The number of carbonyl (C=O) groups excluding carboxylic acids is 1. The van der Waals surface area contributed by atoms with E-state index in [1.54, 1.807) is 19.1 Å². The normalized spacial score (nSPS) is 13.4. The molecule has 1 aliphatic rings. The first-order valence-corrected chi connectivity index (χ1v) is 15.0. The summed E-state index contributed by atoms with van der Waals surface area (Å²) in [5.74, 6) is -0.508. The number of benzene rings is 3. The Morgan fingerprint density at radius 3 is 2.28 bits per heavy atom. The first-order chi connectivity index (χ1) is 18.6. The van der Waals surface area contributed by atoms with Gasteiger partial charge in [0, 0.05) is 29.7 Å². The van der Waals surface area contributed by atoms with Crippen molar-refractivity contribution in [2.24, 2.45) is 0 Å². The number of anilines is 3. The van der Waals surface area contributed by atoms with Gasteiger partial charge in [0.05, 0.1) is 15.5 Å². The second-order valence-electron chi connectivity index (χ2n) is 8.94. The zero-order valence-electron chi connectivity index (χ0n) is 20.9. The van der Waals surface area contributed by atoms with Crippen LogP contribution in [0, 0.1) is 6.92 Å². The summed E-state index contributed by atoms with van der Waals surface area (Å²) in [5, 5.41) is 2.69. The Morgan fingerprint density at radius 1 is 0.872 bits per heavy atom. The summed E-state index contributed by atoms with van der Waals surface area (Å²) in [7, 11) is -7.71. The summed E-state index contributed by atoms with van der Waals surface area (Å²) in [5.41, 5.74) is 2.90. The molecule has 0 spiro atoms. The predicted molar refractivity (Wildman–Crippen MR) is 148 cm³/mol. The van der Waals surface area contributed by atoms with Crippen molar-refractivity contribution >= 4 is 43.3 Å². The highest BCUT2D eigenvalue weighted by atomic mass is 32.2. The molecule has 2 heterocycles. The van der Waals surface area contributed by atoms with Crippen molar-refractivity contribution in [3.8, 4) is 0 Å². The number of fused-ring (bicyclic) bond motifs is 1. The lowest BCUT2D eigenvalue weighted by molar-refractivity contribution is 0.102. The summed E-state index contributed by atoms with van der Waals surface area (Å²) >= 11 is 0. The first kappa shape index (κ1) is 26.3. The molecule has 0 bridgehead atoms. The van der Waals surface area contributed by atoms with E-state index in [1.165, 1.54) is 59.0 Å². The maximum atomic E-state index is 13.3. The Morgan fingerprint density at radius 2 is 1.56 bits per heavy atom. The largest absolute Gasteiger partial charge is 0.322 e. The van der Waals surface area contributed by atoms with Gasteiger partial charge >= 0.3 is 0 Å². The number of nitrogens with one attached hydrogen (secondary N) is 2. The number of nitrogens with zero attached hydrogens (tertiary/aromatic N) is 3. The fourth-order valence-electron chi connectivity index (χ4n) is 4.25. The van der Waals surface area contributed by atoms with Crippen LogP contribution in [-0.4, -0.2) is 39.3 Å². The molecule has 0 saturated heterocycles. The lowest BCUT2D eigenvalue weighted by Gasteiger charge is -2.30. The van der Waals surface area contributed by atoms with E-state index in [4.69, 9.17) is 0 Å². The SMILES string of the molecule is Cc1ccnc(NS(=O)(=O)c2ccc(NC(=O)c3ccc(S(=O)(=O)N4CCCc5ccccc54)cc3)cc2)n1. The molecule has 39 heavy (non-hydrogen) atoms. The average molecular weight is 564 g/mol. The molecule has 0 atom stereocenters. The van der Waals surface area contributed by atoms with Gasteiger partial charge in [-0.1, -0.05) is 18.2 Å². The number of amides is 1. The number of para-hydroxylation sites is 1. The van der Waals surface area contributed by atoms with Gasteiger partial charge in [-0.2, -0.15) is 0 Å². The Balaban J connectivity index is 1.27. The van der Waals surface area contributed by atoms with E-state index in [2.05, 4.69) is 20.0 Å². The molecule has 0 saturated carbocycles. The topological polar surface area (TPSA) is 138 Å². The molecule has 1 amide bonds. The summed E-state index contributed by atoms with van der Waals surface area (Å²) in [6, 6.07) is 20.4. The van der Waals surface area contributed by atoms with Crippen LogP contribution in [0.1, 0.15) is 28.0 Å². The molecule has 12 heteroatoms. The number of rotatable bonds is 7. The molecule has 3 aromatic carbocycles. The third-order valence-electron chi connectivity index (χ3n) is 6.22.